The molecule has 1 saturated heterocycles. The summed E-state index contributed by atoms with van der Waals surface area (Å²) in [5.41, 5.74) is 9.49. The topological polar surface area (TPSA) is 92.8 Å². The van der Waals surface area contributed by atoms with Crippen molar-refractivity contribution in [1.29, 1.82) is 0 Å². The molecule has 1 amide bonds. The van der Waals surface area contributed by atoms with Gasteiger partial charge in [-0.1, -0.05) is 23.7 Å². The number of anilines is 2. The normalized spacial score (nSPS) is 20.5. The van der Waals surface area contributed by atoms with E-state index in [9.17, 15) is 4.79 Å². The Balaban J connectivity index is 1.57. The van der Waals surface area contributed by atoms with Crippen molar-refractivity contribution in [2.24, 2.45) is 10.7 Å². The highest BCUT2D eigenvalue weighted by atomic mass is 35.5. The number of carbonyl (C=O) groups excluding carboxylic acids is 1. The summed E-state index contributed by atoms with van der Waals surface area (Å²) in [7, 11) is 0. The molecule has 3 heterocycles. The number of amides is 1. The lowest BCUT2D eigenvalue weighted by atomic mass is 9.99. The van der Waals surface area contributed by atoms with Crippen LogP contribution in [0.1, 0.15) is 36.6 Å². The van der Waals surface area contributed by atoms with E-state index < -0.39 is 6.04 Å². The van der Waals surface area contributed by atoms with Crippen LogP contribution in [0.2, 0.25) is 5.02 Å². The average molecular weight is 414 g/mol. The maximum Gasteiger partial charge on any atom is 0.232 e. The van der Waals surface area contributed by atoms with Crippen molar-refractivity contribution in [3.8, 4) is 0 Å². The van der Waals surface area contributed by atoms with Crippen LogP contribution in [0.15, 0.2) is 41.5 Å². The number of aromatic nitrogens is 1. The zero-order valence-corrected chi connectivity index (χ0v) is 17.0. The van der Waals surface area contributed by atoms with E-state index in [-0.39, 0.29) is 24.3 Å². The first-order valence-electron chi connectivity index (χ1n) is 9.74. The molecule has 1 aromatic carbocycles. The lowest BCUT2D eigenvalue weighted by molar-refractivity contribution is -0.131. The van der Waals surface area contributed by atoms with Crippen LogP contribution < -0.4 is 11.1 Å². The number of aryl methyl sites for hydroxylation is 1. The van der Waals surface area contributed by atoms with Crippen LogP contribution in [0.3, 0.4) is 0 Å². The van der Waals surface area contributed by atoms with Gasteiger partial charge in [-0.2, -0.15) is 0 Å². The fourth-order valence-electron chi connectivity index (χ4n) is 3.77. The molecule has 1 unspecified atom stereocenters. The summed E-state index contributed by atoms with van der Waals surface area (Å²) in [6, 6.07) is 9.19. The van der Waals surface area contributed by atoms with Crippen molar-refractivity contribution in [3.63, 3.8) is 0 Å². The SMILES string of the molecule is Cc1ccc(Nc2cccc(C3CC(=O)N(C4CCOCC4)C(N)=N3)c2Cl)cn1. The van der Waals surface area contributed by atoms with E-state index in [1.54, 1.807) is 11.1 Å². The van der Waals surface area contributed by atoms with Gasteiger partial charge in [-0.3, -0.25) is 14.7 Å². The summed E-state index contributed by atoms with van der Waals surface area (Å²) in [6.07, 6.45) is 3.55. The lowest BCUT2D eigenvalue weighted by Crippen LogP contribution is -2.52. The first-order chi connectivity index (χ1) is 14.0. The molecule has 0 radical (unpaired) electrons. The summed E-state index contributed by atoms with van der Waals surface area (Å²) < 4.78 is 5.39. The first-order valence-corrected chi connectivity index (χ1v) is 10.1. The second-order valence-electron chi connectivity index (χ2n) is 7.34. The van der Waals surface area contributed by atoms with Gasteiger partial charge in [0.25, 0.3) is 0 Å². The van der Waals surface area contributed by atoms with Crippen molar-refractivity contribution in [2.45, 2.75) is 38.3 Å². The first kappa shape index (κ1) is 19.7. The number of benzene rings is 1. The minimum atomic E-state index is -0.399. The molecule has 2 aliphatic heterocycles. The largest absolute Gasteiger partial charge is 0.381 e. The van der Waals surface area contributed by atoms with Gasteiger partial charge >= 0.3 is 0 Å². The van der Waals surface area contributed by atoms with Gasteiger partial charge in [0.05, 0.1) is 35.1 Å². The molecule has 1 fully saturated rings. The Morgan fingerprint density at radius 1 is 1.24 bits per heavy atom. The molecule has 152 valence electrons. The zero-order chi connectivity index (χ0) is 20.4. The Kier molecular flexibility index (Phi) is 5.69. The molecule has 0 bridgehead atoms. The molecular formula is C21H24ClN5O2. The van der Waals surface area contributed by atoms with Crippen molar-refractivity contribution in [3.05, 3.63) is 52.8 Å². The molecule has 0 spiro atoms. The van der Waals surface area contributed by atoms with Gasteiger partial charge in [0.15, 0.2) is 5.96 Å². The van der Waals surface area contributed by atoms with Crippen molar-refractivity contribution in [1.82, 2.24) is 9.88 Å². The molecular weight excluding hydrogens is 390 g/mol. The number of rotatable bonds is 4. The second kappa shape index (κ2) is 8.39. The molecule has 7 nitrogen and oxygen atoms in total. The minimum Gasteiger partial charge on any atom is -0.381 e. The number of hydrogen-bond acceptors (Lipinski definition) is 6. The maximum atomic E-state index is 12.9. The Morgan fingerprint density at radius 3 is 2.72 bits per heavy atom. The molecule has 2 aromatic rings. The number of ether oxygens (including phenoxy) is 1. The standard InChI is InChI=1S/C21H24ClN5O2/c1-13-5-6-14(12-24-13)25-17-4-2-3-16(20(17)22)18-11-19(28)27(21(23)26-18)15-7-9-29-10-8-15/h2-6,12,15,18,25H,7-11H2,1H3,(H2,23,26). The van der Waals surface area contributed by atoms with Crippen molar-refractivity contribution < 1.29 is 9.53 Å². The molecule has 8 heteroatoms. The zero-order valence-electron chi connectivity index (χ0n) is 16.3. The third-order valence-corrected chi connectivity index (χ3v) is 5.73. The number of hydrogen-bond donors (Lipinski definition) is 2. The number of carbonyl (C=O) groups is 1. The van der Waals surface area contributed by atoms with Gasteiger partial charge in [-0.25, -0.2) is 4.99 Å². The Hall–Kier alpha value is -2.64. The molecule has 3 N–H and O–H groups in total. The highest BCUT2D eigenvalue weighted by molar-refractivity contribution is 6.34. The predicted molar refractivity (Wildman–Crippen MR) is 113 cm³/mol. The molecule has 2 aliphatic rings. The molecule has 29 heavy (non-hydrogen) atoms. The fraction of sp³-hybridized carbons (Fsp3) is 0.381. The number of guanidine groups is 1. The average Bonchev–Trinajstić information content (AvgIpc) is 2.71. The van der Waals surface area contributed by atoms with Crippen LogP contribution in [0.5, 0.6) is 0 Å². The number of nitrogens with one attached hydrogen (secondary N) is 1. The summed E-state index contributed by atoms with van der Waals surface area (Å²) >= 11 is 6.67. The van der Waals surface area contributed by atoms with Gasteiger partial charge in [-0.05, 0) is 43.5 Å². The van der Waals surface area contributed by atoms with E-state index in [2.05, 4.69) is 15.3 Å². The highest BCUT2D eigenvalue weighted by Gasteiger charge is 2.35. The Morgan fingerprint density at radius 2 is 2.03 bits per heavy atom. The van der Waals surface area contributed by atoms with Crippen LogP contribution in [0.25, 0.3) is 0 Å². The van der Waals surface area contributed by atoms with Crippen LogP contribution in [0.4, 0.5) is 11.4 Å². The molecule has 0 aliphatic carbocycles. The summed E-state index contributed by atoms with van der Waals surface area (Å²) in [5.74, 6) is 0.238. The lowest BCUT2D eigenvalue weighted by Gasteiger charge is -2.37. The third-order valence-electron chi connectivity index (χ3n) is 5.31. The quantitative estimate of drug-likeness (QED) is 0.799. The van der Waals surface area contributed by atoms with Gasteiger partial charge in [-0.15, -0.1) is 0 Å². The van der Waals surface area contributed by atoms with Gasteiger partial charge in [0.2, 0.25) is 5.91 Å². The Labute approximate surface area is 174 Å². The predicted octanol–water partition coefficient (Wildman–Crippen LogP) is 3.55. The van der Waals surface area contributed by atoms with Crippen LogP contribution in [0, 0.1) is 6.92 Å². The van der Waals surface area contributed by atoms with E-state index in [1.165, 1.54) is 0 Å². The summed E-state index contributed by atoms with van der Waals surface area (Å²) in [5, 5.41) is 3.81. The van der Waals surface area contributed by atoms with E-state index in [4.69, 9.17) is 22.1 Å². The van der Waals surface area contributed by atoms with E-state index in [0.717, 1.165) is 35.5 Å². The van der Waals surface area contributed by atoms with E-state index in [1.807, 2.05) is 37.3 Å². The van der Waals surface area contributed by atoms with Crippen molar-refractivity contribution >= 4 is 34.8 Å². The molecule has 1 aromatic heterocycles. The van der Waals surface area contributed by atoms with Crippen LogP contribution >= 0.6 is 11.6 Å². The van der Waals surface area contributed by atoms with Crippen LogP contribution in [-0.4, -0.2) is 41.0 Å². The molecule has 4 rings (SSSR count). The van der Waals surface area contributed by atoms with E-state index in [0.29, 0.717) is 18.2 Å². The van der Waals surface area contributed by atoms with Gasteiger partial charge in [0.1, 0.15) is 0 Å². The highest BCUT2D eigenvalue weighted by Crippen LogP contribution is 2.37. The number of pyridine rings is 1. The number of nitrogens with two attached hydrogens (primary N) is 1. The molecule has 0 saturated carbocycles. The van der Waals surface area contributed by atoms with Gasteiger partial charge in [0, 0.05) is 24.9 Å². The fourth-order valence-corrected chi connectivity index (χ4v) is 4.07. The number of halogens is 1. The second-order valence-corrected chi connectivity index (χ2v) is 7.71. The van der Waals surface area contributed by atoms with Crippen molar-refractivity contribution in [2.75, 3.05) is 18.5 Å². The van der Waals surface area contributed by atoms with Gasteiger partial charge < -0.3 is 15.8 Å². The van der Waals surface area contributed by atoms with Crippen LogP contribution in [-0.2, 0) is 9.53 Å². The maximum absolute atomic E-state index is 12.9. The van der Waals surface area contributed by atoms with E-state index >= 15 is 0 Å². The summed E-state index contributed by atoms with van der Waals surface area (Å²) in [6.45, 7) is 3.21. The summed E-state index contributed by atoms with van der Waals surface area (Å²) in [4.78, 5) is 23.4. The molecule has 1 atom stereocenters. The number of nitrogens with zero attached hydrogens (tertiary/aromatic N) is 3. The third kappa shape index (κ3) is 4.21. The Bertz CT molecular complexity index is 925. The minimum absolute atomic E-state index is 0.0217. The smallest absolute Gasteiger partial charge is 0.232 e. The monoisotopic (exact) mass is 413 g/mol. The number of aliphatic imine (C=N–C) groups is 1.